The second-order valence-corrected chi connectivity index (χ2v) is 10.3. The highest BCUT2D eigenvalue weighted by Gasteiger charge is 2.37. The van der Waals surface area contributed by atoms with E-state index in [-0.39, 0.29) is 18.4 Å². The molecule has 0 atom stereocenters. The average Bonchev–Trinajstić information content (AvgIpc) is 3.46. The fourth-order valence-electron chi connectivity index (χ4n) is 4.16. The van der Waals surface area contributed by atoms with Gasteiger partial charge in [0.15, 0.2) is 0 Å². The molecule has 12 heteroatoms. The Balaban J connectivity index is 1.97. The van der Waals surface area contributed by atoms with Crippen molar-refractivity contribution in [3.63, 3.8) is 0 Å². The van der Waals surface area contributed by atoms with Gasteiger partial charge >= 0.3 is 11.7 Å². The van der Waals surface area contributed by atoms with E-state index in [1.165, 1.54) is 72.3 Å². The molecule has 37 heavy (non-hydrogen) atoms. The number of aryl methyl sites for hydroxylation is 3. The van der Waals surface area contributed by atoms with Crippen molar-refractivity contribution in [2.45, 2.75) is 59.2 Å². The van der Waals surface area contributed by atoms with Crippen molar-refractivity contribution >= 4 is 27.5 Å². The molecule has 3 heterocycles. The molecule has 4 rings (SSSR count). The first-order valence-corrected chi connectivity index (χ1v) is 12.5. The molecule has 0 saturated heterocycles. The van der Waals surface area contributed by atoms with Gasteiger partial charge in [0.05, 0.1) is 31.0 Å². The quantitative estimate of drug-likeness (QED) is 0.323. The standard InChI is InChI=1S/C25H28FN5O5S/c1-14(2)36-23(33)25(4,5)30-20(32)19-15(3)21(31-27-10-11-28-31)37-22(19)29(24(30)34)12-9-16-13-17(26)7-8-18(16)35-6/h7-8,10-11,13-14H,9,12H2,1-6H3. The van der Waals surface area contributed by atoms with Crippen molar-refractivity contribution < 1.29 is 18.7 Å². The normalized spacial score (nSPS) is 11.9. The largest absolute Gasteiger partial charge is 0.496 e. The first-order chi connectivity index (χ1) is 17.5. The Morgan fingerprint density at radius 3 is 2.49 bits per heavy atom. The zero-order chi connectivity index (χ0) is 27.1. The molecule has 0 aliphatic heterocycles. The van der Waals surface area contributed by atoms with E-state index in [2.05, 4.69) is 10.2 Å². The molecule has 1 aromatic carbocycles. The number of halogens is 1. The van der Waals surface area contributed by atoms with Crippen LogP contribution in [0.2, 0.25) is 0 Å². The molecule has 196 valence electrons. The lowest BCUT2D eigenvalue weighted by atomic mass is 10.1. The monoisotopic (exact) mass is 529 g/mol. The Labute approximate surface area is 215 Å². The van der Waals surface area contributed by atoms with E-state index in [1.54, 1.807) is 20.8 Å². The molecule has 4 aromatic rings. The smallest absolute Gasteiger partial charge is 0.333 e. The predicted molar refractivity (Wildman–Crippen MR) is 137 cm³/mol. The van der Waals surface area contributed by atoms with Gasteiger partial charge in [-0.25, -0.2) is 18.5 Å². The van der Waals surface area contributed by atoms with Crippen LogP contribution in [0.15, 0.2) is 40.2 Å². The maximum absolute atomic E-state index is 14.0. The summed E-state index contributed by atoms with van der Waals surface area (Å²) in [6.07, 6.45) is 2.82. The molecule has 0 aliphatic carbocycles. The number of carbonyl (C=O) groups excluding carboxylic acids is 1. The molecule has 0 fully saturated rings. The van der Waals surface area contributed by atoms with Gasteiger partial charge in [-0.05, 0) is 64.8 Å². The highest BCUT2D eigenvalue weighted by Crippen LogP contribution is 2.31. The number of nitrogens with zero attached hydrogens (tertiary/aromatic N) is 5. The van der Waals surface area contributed by atoms with Gasteiger partial charge in [0.25, 0.3) is 5.56 Å². The van der Waals surface area contributed by atoms with E-state index in [0.717, 1.165) is 4.57 Å². The molecule has 0 bridgehead atoms. The van der Waals surface area contributed by atoms with Crippen LogP contribution in [0.25, 0.3) is 15.2 Å². The van der Waals surface area contributed by atoms with Gasteiger partial charge in [0, 0.05) is 12.1 Å². The molecule has 0 radical (unpaired) electrons. The van der Waals surface area contributed by atoms with E-state index in [1.807, 2.05) is 0 Å². The Morgan fingerprint density at radius 2 is 1.86 bits per heavy atom. The minimum absolute atomic E-state index is 0.0939. The third kappa shape index (κ3) is 4.68. The zero-order valence-corrected chi connectivity index (χ0v) is 22.3. The molecule has 0 aliphatic rings. The highest BCUT2D eigenvalue weighted by molar-refractivity contribution is 7.21. The van der Waals surface area contributed by atoms with Crippen LogP contribution in [-0.2, 0) is 28.0 Å². The fraction of sp³-hybridized carbons (Fsp3) is 0.400. The number of esters is 1. The van der Waals surface area contributed by atoms with E-state index < -0.39 is 34.7 Å². The first-order valence-electron chi connectivity index (χ1n) is 11.7. The second-order valence-electron chi connectivity index (χ2n) is 9.32. The number of fused-ring (bicyclic) bond motifs is 1. The number of thiophene rings is 1. The number of rotatable bonds is 8. The van der Waals surface area contributed by atoms with Crippen LogP contribution in [0, 0.1) is 12.7 Å². The molecule has 0 spiro atoms. The lowest BCUT2D eigenvalue weighted by Crippen LogP contribution is -2.53. The summed E-state index contributed by atoms with van der Waals surface area (Å²) in [6.45, 7) is 8.17. The van der Waals surface area contributed by atoms with Gasteiger partial charge in [0.1, 0.15) is 26.9 Å². The summed E-state index contributed by atoms with van der Waals surface area (Å²) in [6, 6.07) is 4.16. The van der Waals surface area contributed by atoms with Crippen molar-refractivity contribution in [1.82, 2.24) is 24.1 Å². The van der Waals surface area contributed by atoms with E-state index in [4.69, 9.17) is 9.47 Å². The molecule has 0 saturated carbocycles. The summed E-state index contributed by atoms with van der Waals surface area (Å²) in [4.78, 5) is 42.4. The number of hydrogen-bond donors (Lipinski definition) is 0. The number of benzene rings is 1. The third-order valence-corrected chi connectivity index (χ3v) is 7.32. The van der Waals surface area contributed by atoms with E-state index >= 15 is 0 Å². The van der Waals surface area contributed by atoms with Crippen LogP contribution in [0.1, 0.15) is 38.8 Å². The molecular weight excluding hydrogens is 501 g/mol. The Morgan fingerprint density at radius 1 is 1.19 bits per heavy atom. The van der Waals surface area contributed by atoms with Crippen LogP contribution in [0.4, 0.5) is 4.39 Å². The van der Waals surface area contributed by atoms with Crippen LogP contribution < -0.4 is 16.0 Å². The van der Waals surface area contributed by atoms with Gasteiger partial charge in [-0.2, -0.15) is 10.2 Å². The maximum atomic E-state index is 14.0. The summed E-state index contributed by atoms with van der Waals surface area (Å²) in [5.41, 5.74) is -1.76. The van der Waals surface area contributed by atoms with Crippen molar-refractivity contribution in [1.29, 1.82) is 0 Å². The topological polar surface area (TPSA) is 110 Å². The van der Waals surface area contributed by atoms with Gasteiger partial charge in [-0.15, -0.1) is 4.80 Å². The summed E-state index contributed by atoms with van der Waals surface area (Å²) < 4.78 is 27.1. The van der Waals surface area contributed by atoms with E-state index in [9.17, 15) is 18.8 Å². The van der Waals surface area contributed by atoms with Gasteiger partial charge < -0.3 is 9.47 Å². The molecular formula is C25H28FN5O5S. The van der Waals surface area contributed by atoms with Crippen LogP contribution in [0.5, 0.6) is 5.75 Å². The number of methoxy groups -OCH3 is 1. The molecule has 10 nitrogen and oxygen atoms in total. The van der Waals surface area contributed by atoms with Crippen molar-refractivity contribution in [2.75, 3.05) is 7.11 Å². The number of ether oxygens (including phenoxy) is 2. The SMILES string of the molecule is COc1ccc(F)cc1CCn1c(=O)n(C(C)(C)C(=O)OC(C)C)c(=O)c2c(C)c(-n3nccn3)sc21. The Bertz CT molecular complexity index is 1580. The number of carbonyl (C=O) groups is 1. The second kappa shape index (κ2) is 9.92. The molecule has 3 aromatic heterocycles. The zero-order valence-electron chi connectivity index (χ0n) is 21.4. The minimum Gasteiger partial charge on any atom is -0.496 e. The highest BCUT2D eigenvalue weighted by atomic mass is 32.1. The molecule has 0 unspecified atom stereocenters. The van der Waals surface area contributed by atoms with E-state index in [0.29, 0.717) is 26.7 Å². The van der Waals surface area contributed by atoms with Crippen LogP contribution >= 0.6 is 11.3 Å². The van der Waals surface area contributed by atoms with Crippen molar-refractivity contribution in [3.8, 4) is 10.8 Å². The van der Waals surface area contributed by atoms with Crippen LogP contribution in [0.3, 0.4) is 0 Å². The number of aromatic nitrogens is 5. The summed E-state index contributed by atoms with van der Waals surface area (Å²) >= 11 is 1.19. The lowest BCUT2D eigenvalue weighted by Gasteiger charge is -2.26. The minimum atomic E-state index is -1.59. The summed E-state index contributed by atoms with van der Waals surface area (Å²) in [7, 11) is 1.48. The summed E-state index contributed by atoms with van der Waals surface area (Å²) in [5.74, 6) is -0.667. The molecule has 0 amide bonds. The number of hydrogen-bond acceptors (Lipinski definition) is 8. The molecule has 0 N–H and O–H groups in total. The average molecular weight is 530 g/mol. The van der Waals surface area contributed by atoms with Gasteiger partial charge in [0.2, 0.25) is 0 Å². The van der Waals surface area contributed by atoms with Gasteiger partial charge in [-0.3, -0.25) is 9.36 Å². The van der Waals surface area contributed by atoms with Crippen molar-refractivity contribution in [2.24, 2.45) is 0 Å². The third-order valence-electron chi connectivity index (χ3n) is 6.04. The maximum Gasteiger partial charge on any atom is 0.333 e. The van der Waals surface area contributed by atoms with Crippen molar-refractivity contribution in [3.05, 3.63) is 68.4 Å². The van der Waals surface area contributed by atoms with Crippen LogP contribution in [-0.4, -0.2) is 43.3 Å². The predicted octanol–water partition coefficient (Wildman–Crippen LogP) is 3.19. The Kier molecular flexibility index (Phi) is 7.05. The summed E-state index contributed by atoms with van der Waals surface area (Å²) in [5, 5.41) is 9.18. The lowest BCUT2D eigenvalue weighted by molar-refractivity contribution is -0.157. The fourth-order valence-corrected chi connectivity index (χ4v) is 5.40. The van der Waals surface area contributed by atoms with Gasteiger partial charge in [-0.1, -0.05) is 11.3 Å². The first kappa shape index (κ1) is 26.3. The Hall–Kier alpha value is -3.80.